The Morgan fingerprint density at radius 1 is 1.42 bits per heavy atom. The van der Waals surface area contributed by atoms with Crippen LogP contribution >= 0.6 is 15.9 Å². The van der Waals surface area contributed by atoms with E-state index in [0.717, 1.165) is 10.0 Å². The minimum atomic E-state index is -0.931. The van der Waals surface area contributed by atoms with Gasteiger partial charge in [0.15, 0.2) is 0 Å². The first-order chi connectivity index (χ1) is 8.74. The van der Waals surface area contributed by atoms with E-state index in [-0.39, 0.29) is 6.54 Å². The standard InChI is InChI=1S/C13H14BrFN2O2/c1-7-4-10(15)8(5-9(7)14)13(2)6-17(3)12(19)11(18)16-13/h4-5H,6H2,1-3H3,(H,16,18). The maximum Gasteiger partial charge on any atom is 0.311 e. The van der Waals surface area contributed by atoms with Crippen LogP contribution in [0.2, 0.25) is 0 Å². The lowest BCUT2D eigenvalue weighted by Crippen LogP contribution is -2.61. The second-order valence-corrected chi connectivity index (χ2v) is 5.88. The van der Waals surface area contributed by atoms with Crippen LogP contribution in [0.5, 0.6) is 0 Å². The van der Waals surface area contributed by atoms with Gasteiger partial charge >= 0.3 is 11.8 Å². The predicted molar refractivity (Wildman–Crippen MR) is 72.0 cm³/mol. The summed E-state index contributed by atoms with van der Waals surface area (Å²) >= 11 is 3.35. The summed E-state index contributed by atoms with van der Waals surface area (Å²) in [5.41, 5.74) is 0.203. The molecule has 1 N–H and O–H groups in total. The Balaban J connectivity index is 2.48. The van der Waals surface area contributed by atoms with Crippen LogP contribution in [-0.4, -0.2) is 30.3 Å². The van der Waals surface area contributed by atoms with Crippen molar-refractivity contribution in [2.45, 2.75) is 19.4 Å². The van der Waals surface area contributed by atoms with E-state index in [4.69, 9.17) is 0 Å². The van der Waals surface area contributed by atoms with Gasteiger partial charge in [0.25, 0.3) is 0 Å². The Hall–Kier alpha value is -1.43. The van der Waals surface area contributed by atoms with Crippen LogP contribution in [0.1, 0.15) is 18.1 Å². The number of nitrogens with zero attached hydrogens (tertiary/aromatic N) is 1. The molecule has 6 heteroatoms. The van der Waals surface area contributed by atoms with Crippen LogP contribution in [0.15, 0.2) is 16.6 Å². The van der Waals surface area contributed by atoms with Gasteiger partial charge in [-0.05, 0) is 31.5 Å². The number of nitrogens with one attached hydrogen (secondary N) is 1. The fourth-order valence-electron chi connectivity index (χ4n) is 2.28. The van der Waals surface area contributed by atoms with Crippen LogP contribution in [-0.2, 0) is 15.1 Å². The highest BCUT2D eigenvalue weighted by Crippen LogP contribution is 2.31. The van der Waals surface area contributed by atoms with Crippen molar-refractivity contribution in [3.05, 3.63) is 33.5 Å². The SMILES string of the molecule is Cc1cc(F)c(C2(C)CN(C)C(=O)C(=O)N2)cc1Br. The topological polar surface area (TPSA) is 49.4 Å². The molecule has 0 spiro atoms. The van der Waals surface area contributed by atoms with Gasteiger partial charge in [0.2, 0.25) is 0 Å². The summed E-state index contributed by atoms with van der Waals surface area (Å²) in [4.78, 5) is 24.4. The Kier molecular flexibility index (Phi) is 3.38. The first-order valence-corrected chi connectivity index (χ1v) is 6.57. The number of amides is 2. The highest BCUT2D eigenvalue weighted by atomic mass is 79.9. The molecule has 1 fully saturated rings. The minimum absolute atomic E-state index is 0.226. The molecule has 2 rings (SSSR count). The number of hydrogen-bond acceptors (Lipinski definition) is 2. The average molecular weight is 329 g/mol. The number of rotatable bonds is 1. The molecule has 1 heterocycles. The number of piperazine rings is 1. The van der Waals surface area contributed by atoms with Gasteiger partial charge in [-0.25, -0.2) is 4.39 Å². The largest absolute Gasteiger partial charge is 0.337 e. The van der Waals surface area contributed by atoms with Crippen LogP contribution < -0.4 is 5.32 Å². The molecule has 102 valence electrons. The molecule has 1 unspecified atom stereocenters. The third kappa shape index (κ3) is 2.36. The lowest BCUT2D eigenvalue weighted by Gasteiger charge is -2.39. The van der Waals surface area contributed by atoms with Gasteiger partial charge in [-0.1, -0.05) is 15.9 Å². The van der Waals surface area contributed by atoms with Gasteiger partial charge in [0.05, 0.1) is 5.54 Å². The zero-order valence-electron chi connectivity index (χ0n) is 10.9. The molecule has 0 bridgehead atoms. The minimum Gasteiger partial charge on any atom is -0.337 e. The molecule has 0 aromatic heterocycles. The maximum atomic E-state index is 14.1. The second-order valence-electron chi connectivity index (χ2n) is 5.03. The first-order valence-electron chi connectivity index (χ1n) is 5.78. The van der Waals surface area contributed by atoms with Gasteiger partial charge < -0.3 is 10.2 Å². The van der Waals surface area contributed by atoms with E-state index < -0.39 is 23.2 Å². The zero-order chi connectivity index (χ0) is 14.4. The Morgan fingerprint density at radius 2 is 2.05 bits per heavy atom. The maximum absolute atomic E-state index is 14.1. The van der Waals surface area contributed by atoms with E-state index in [1.165, 1.54) is 18.0 Å². The zero-order valence-corrected chi connectivity index (χ0v) is 12.5. The molecule has 1 aromatic rings. The van der Waals surface area contributed by atoms with Gasteiger partial charge in [0, 0.05) is 23.6 Å². The molecule has 0 radical (unpaired) electrons. The molecule has 0 saturated carbocycles. The van der Waals surface area contributed by atoms with Gasteiger partial charge in [-0.3, -0.25) is 9.59 Å². The summed E-state index contributed by atoms with van der Waals surface area (Å²) in [6, 6.07) is 3.06. The van der Waals surface area contributed by atoms with Crippen LogP contribution in [0.25, 0.3) is 0 Å². The van der Waals surface area contributed by atoms with Crippen molar-refractivity contribution in [3.63, 3.8) is 0 Å². The first kappa shape index (κ1) is 14.0. The summed E-state index contributed by atoms with van der Waals surface area (Å²) in [6.07, 6.45) is 0. The van der Waals surface area contributed by atoms with E-state index >= 15 is 0 Å². The van der Waals surface area contributed by atoms with E-state index in [1.807, 2.05) is 0 Å². The fourth-order valence-corrected chi connectivity index (χ4v) is 2.63. The van der Waals surface area contributed by atoms with Crippen molar-refractivity contribution in [3.8, 4) is 0 Å². The van der Waals surface area contributed by atoms with Crippen molar-refractivity contribution in [1.29, 1.82) is 0 Å². The fraction of sp³-hybridized carbons (Fsp3) is 0.385. The summed E-state index contributed by atoms with van der Waals surface area (Å²) in [6.45, 7) is 3.71. The summed E-state index contributed by atoms with van der Waals surface area (Å²) < 4.78 is 14.9. The number of likely N-dealkylation sites (N-methyl/N-ethyl adjacent to an activating group) is 1. The van der Waals surface area contributed by atoms with Crippen molar-refractivity contribution in [2.75, 3.05) is 13.6 Å². The molecule has 2 amide bonds. The molecule has 0 aliphatic carbocycles. The highest BCUT2D eigenvalue weighted by Gasteiger charge is 2.41. The highest BCUT2D eigenvalue weighted by molar-refractivity contribution is 9.10. The Labute approximate surface area is 119 Å². The van der Waals surface area contributed by atoms with E-state index in [9.17, 15) is 14.0 Å². The van der Waals surface area contributed by atoms with Crippen LogP contribution in [0.3, 0.4) is 0 Å². The quantitative estimate of drug-likeness (QED) is 0.798. The number of carbonyl (C=O) groups excluding carboxylic acids is 2. The number of aryl methyl sites for hydroxylation is 1. The molecular weight excluding hydrogens is 315 g/mol. The lowest BCUT2D eigenvalue weighted by molar-refractivity contribution is -0.150. The molecule has 1 atom stereocenters. The molecule has 19 heavy (non-hydrogen) atoms. The van der Waals surface area contributed by atoms with Crippen molar-refractivity contribution < 1.29 is 14.0 Å². The summed E-state index contributed by atoms with van der Waals surface area (Å²) in [5, 5.41) is 2.59. The summed E-state index contributed by atoms with van der Waals surface area (Å²) in [5.74, 6) is -1.72. The van der Waals surface area contributed by atoms with Crippen molar-refractivity contribution >= 4 is 27.7 Å². The van der Waals surface area contributed by atoms with Gasteiger partial charge in [0.1, 0.15) is 5.82 Å². The van der Waals surface area contributed by atoms with E-state index in [0.29, 0.717) is 5.56 Å². The smallest absolute Gasteiger partial charge is 0.311 e. The molecule has 1 aliphatic heterocycles. The van der Waals surface area contributed by atoms with Crippen LogP contribution in [0.4, 0.5) is 4.39 Å². The third-order valence-corrected chi connectivity index (χ3v) is 4.18. The molecule has 1 aliphatic rings. The number of benzene rings is 1. The third-order valence-electron chi connectivity index (χ3n) is 3.33. The average Bonchev–Trinajstić information content (AvgIpc) is 2.30. The van der Waals surface area contributed by atoms with Crippen molar-refractivity contribution in [1.82, 2.24) is 10.2 Å². The molecule has 4 nitrogen and oxygen atoms in total. The number of carbonyl (C=O) groups is 2. The molecule has 1 saturated heterocycles. The number of hydrogen-bond donors (Lipinski definition) is 1. The monoisotopic (exact) mass is 328 g/mol. The van der Waals surface area contributed by atoms with Gasteiger partial charge in [-0.15, -0.1) is 0 Å². The lowest BCUT2D eigenvalue weighted by atomic mass is 9.88. The summed E-state index contributed by atoms with van der Waals surface area (Å²) in [7, 11) is 1.53. The normalized spacial score (nSPS) is 23.5. The molecular formula is C13H14BrFN2O2. The van der Waals surface area contributed by atoms with Gasteiger partial charge in [-0.2, -0.15) is 0 Å². The van der Waals surface area contributed by atoms with E-state index in [1.54, 1.807) is 19.9 Å². The second kappa shape index (κ2) is 4.59. The van der Waals surface area contributed by atoms with Crippen LogP contribution in [0, 0.1) is 12.7 Å². The van der Waals surface area contributed by atoms with E-state index in [2.05, 4.69) is 21.2 Å². The molecule has 1 aromatic carbocycles. The number of halogens is 2. The Bertz CT molecular complexity index is 576. The predicted octanol–water partition coefficient (Wildman–Crippen LogP) is 1.70. The Morgan fingerprint density at radius 3 is 2.63 bits per heavy atom. The van der Waals surface area contributed by atoms with Crippen molar-refractivity contribution in [2.24, 2.45) is 0 Å².